The zero-order chi connectivity index (χ0) is 12.0. The number of rotatable bonds is 5. The van der Waals surface area contributed by atoms with Crippen LogP contribution in [0.5, 0.6) is 0 Å². The van der Waals surface area contributed by atoms with Gasteiger partial charge in [-0.05, 0) is 25.5 Å². The van der Waals surface area contributed by atoms with E-state index in [2.05, 4.69) is 25.2 Å². The number of hydrogen-bond donors (Lipinski definition) is 1. The Morgan fingerprint density at radius 2 is 2.25 bits per heavy atom. The van der Waals surface area contributed by atoms with E-state index in [1.807, 2.05) is 12.1 Å². The van der Waals surface area contributed by atoms with Gasteiger partial charge in [0.05, 0.1) is 16.3 Å². The first-order chi connectivity index (χ1) is 7.69. The number of unbranched alkanes of at least 4 members (excludes halogenated alkanes) is 1. The average molecular weight is 237 g/mol. The molecular formula is C13H17ClN2. The fourth-order valence-corrected chi connectivity index (χ4v) is 1.82. The molecule has 0 spiro atoms. The highest BCUT2D eigenvalue weighted by molar-refractivity contribution is 6.32. The van der Waals surface area contributed by atoms with E-state index < -0.39 is 0 Å². The van der Waals surface area contributed by atoms with E-state index in [1.54, 1.807) is 6.07 Å². The molecule has 1 atom stereocenters. The van der Waals surface area contributed by atoms with Gasteiger partial charge < -0.3 is 5.32 Å². The summed E-state index contributed by atoms with van der Waals surface area (Å²) in [7, 11) is 0. The molecule has 16 heavy (non-hydrogen) atoms. The van der Waals surface area contributed by atoms with Crippen molar-refractivity contribution in [1.82, 2.24) is 0 Å². The van der Waals surface area contributed by atoms with Gasteiger partial charge in [0, 0.05) is 6.04 Å². The van der Waals surface area contributed by atoms with Crippen LogP contribution in [-0.4, -0.2) is 6.04 Å². The lowest BCUT2D eigenvalue weighted by Crippen LogP contribution is -2.15. The SMILES string of the molecule is CCCCC(C)Nc1cccc(Cl)c1C#N. The van der Waals surface area contributed by atoms with E-state index in [4.69, 9.17) is 16.9 Å². The maximum absolute atomic E-state index is 9.01. The fourth-order valence-electron chi connectivity index (χ4n) is 1.61. The molecule has 86 valence electrons. The van der Waals surface area contributed by atoms with Gasteiger partial charge in [-0.1, -0.05) is 37.4 Å². The molecule has 0 fully saturated rings. The van der Waals surface area contributed by atoms with Crippen LogP contribution >= 0.6 is 11.6 Å². The topological polar surface area (TPSA) is 35.8 Å². The minimum absolute atomic E-state index is 0.366. The number of nitriles is 1. The van der Waals surface area contributed by atoms with Crippen molar-refractivity contribution < 1.29 is 0 Å². The number of anilines is 1. The predicted molar refractivity (Wildman–Crippen MR) is 68.8 cm³/mol. The van der Waals surface area contributed by atoms with Gasteiger partial charge >= 0.3 is 0 Å². The summed E-state index contributed by atoms with van der Waals surface area (Å²) in [5, 5.41) is 12.9. The lowest BCUT2D eigenvalue weighted by Gasteiger charge is -2.16. The van der Waals surface area contributed by atoms with Crippen molar-refractivity contribution in [3.05, 3.63) is 28.8 Å². The summed E-state index contributed by atoms with van der Waals surface area (Å²) in [5.41, 5.74) is 1.37. The van der Waals surface area contributed by atoms with Crippen LogP contribution in [0, 0.1) is 11.3 Å². The molecule has 0 aromatic heterocycles. The first kappa shape index (κ1) is 12.9. The molecular weight excluding hydrogens is 220 g/mol. The van der Waals surface area contributed by atoms with Crippen molar-refractivity contribution in [2.24, 2.45) is 0 Å². The minimum Gasteiger partial charge on any atom is -0.381 e. The first-order valence-electron chi connectivity index (χ1n) is 5.64. The molecule has 0 radical (unpaired) electrons. The summed E-state index contributed by atoms with van der Waals surface area (Å²) in [6.45, 7) is 4.30. The van der Waals surface area contributed by atoms with Crippen molar-refractivity contribution >= 4 is 17.3 Å². The Labute approximate surface area is 102 Å². The number of nitrogens with zero attached hydrogens (tertiary/aromatic N) is 1. The maximum Gasteiger partial charge on any atom is 0.103 e. The Balaban J connectivity index is 2.74. The quantitative estimate of drug-likeness (QED) is 0.832. The first-order valence-corrected chi connectivity index (χ1v) is 6.02. The molecule has 1 aromatic carbocycles. The predicted octanol–water partition coefficient (Wildman–Crippen LogP) is 4.20. The summed E-state index contributed by atoms with van der Waals surface area (Å²) in [6.07, 6.45) is 3.48. The highest BCUT2D eigenvalue weighted by Crippen LogP contribution is 2.24. The second kappa shape index (κ2) is 6.40. The van der Waals surface area contributed by atoms with Crippen molar-refractivity contribution in [1.29, 1.82) is 5.26 Å². The third kappa shape index (κ3) is 3.43. The van der Waals surface area contributed by atoms with Gasteiger partial charge in [0.25, 0.3) is 0 Å². The third-order valence-electron chi connectivity index (χ3n) is 2.52. The van der Waals surface area contributed by atoms with Crippen LogP contribution < -0.4 is 5.32 Å². The molecule has 0 amide bonds. The molecule has 0 aliphatic carbocycles. The van der Waals surface area contributed by atoms with E-state index in [9.17, 15) is 0 Å². The smallest absolute Gasteiger partial charge is 0.103 e. The van der Waals surface area contributed by atoms with Crippen LogP contribution in [0.3, 0.4) is 0 Å². The Kier molecular flexibility index (Phi) is 5.14. The summed E-state index contributed by atoms with van der Waals surface area (Å²) in [5.74, 6) is 0. The zero-order valence-corrected chi connectivity index (χ0v) is 10.5. The van der Waals surface area contributed by atoms with E-state index in [1.165, 1.54) is 12.8 Å². The van der Waals surface area contributed by atoms with E-state index >= 15 is 0 Å². The third-order valence-corrected chi connectivity index (χ3v) is 2.83. The molecule has 0 aliphatic heterocycles. The van der Waals surface area contributed by atoms with Gasteiger partial charge in [0.1, 0.15) is 6.07 Å². The summed E-state index contributed by atoms with van der Waals surface area (Å²) in [4.78, 5) is 0. The fraction of sp³-hybridized carbons (Fsp3) is 0.462. The van der Waals surface area contributed by atoms with Crippen molar-refractivity contribution in [3.8, 4) is 6.07 Å². The molecule has 0 saturated heterocycles. The second-order valence-corrected chi connectivity index (χ2v) is 4.37. The monoisotopic (exact) mass is 236 g/mol. The van der Waals surface area contributed by atoms with Crippen LogP contribution in [0.2, 0.25) is 5.02 Å². The van der Waals surface area contributed by atoms with Crippen molar-refractivity contribution in [2.75, 3.05) is 5.32 Å². The normalized spacial score (nSPS) is 11.9. The summed E-state index contributed by atoms with van der Waals surface area (Å²) in [6, 6.07) is 7.99. The van der Waals surface area contributed by atoms with Crippen molar-refractivity contribution in [2.45, 2.75) is 39.2 Å². The molecule has 0 heterocycles. The maximum atomic E-state index is 9.01. The van der Waals surface area contributed by atoms with Crippen LogP contribution in [0.1, 0.15) is 38.7 Å². The minimum atomic E-state index is 0.366. The Morgan fingerprint density at radius 3 is 2.88 bits per heavy atom. The standard InChI is InChI=1S/C13H17ClN2/c1-3-4-6-10(2)16-13-8-5-7-12(14)11(13)9-15/h5,7-8,10,16H,3-4,6H2,1-2H3. The van der Waals surface area contributed by atoms with E-state index in [0.717, 1.165) is 12.1 Å². The highest BCUT2D eigenvalue weighted by atomic mass is 35.5. The lowest BCUT2D eigenvalue weighted by molar-refractivity contribution is 0.645. The molecule has 0 aliphatic rings. The highest BCUT2D eigenvalue weighted by Gasteiger charge is 2.08. The Morgan fingerprint density at radius 1 is 1.50 bits per heavy atom. The van der Waals surface area contributed by atoms with Gasteiger partial charge in [0.2, 0.25) is 0 Å². The Hall–Kier alpha value is -1.20. The molecule has 2 nitrogen and oxygen atoms in total. The van der Waals surface area contributed by atoms with Gasteiger partial charge in [-0.15, -0.1) is 0 Å². The van der Waals surface area contributed by atoms with Crippen LogP contribution in [0.4, 0.5) is 5.69 Å². The van der Waals surface area contributed by atoms with Crippen LogP contribution in [0.25, 0.3) is 0 Å². The summed E-state index contributed by atoms with van der Waals surface area (Å²) < 4.78 is 0. The average Bonchev–Trinajstić information content (AvgIpc) is 2.27. The van der Waals surface area contributed by atoms with Gasteiger partial charge in [-0.3, -0.25) is 0 Å². The largest absolute Gasteiger partial charge is 0.381 e. The molecule has 1 rings (SSSR count). The van der Waals surface area contributed by atoms with E-state index in [0.29, 0.717) is 16.6 Å². The molecule has 0 saturated carbocycles. The molecule has 1 N–H and O–H groups in total. The zero-order valence-electron chi connectivity index (χ0n) is 9.76. The molecule has 3 heteroatoms. The molecule has 1 aromatic rings. The molecule has 1 unspecified atom stereocenters. The number of nitrogens with one attached hydrogen (secondary N) is 1. The lowest BCUT2D eigenvalue weighted by atomic mass is 10.1. The van der Waals surface area contributed by atoms with Crippen LogP contribution in [0.15, 0.2) is 18.2 Å². The molecule has 0 bridgehead atoms. The van der Waals surface area contributed by atoms with Gasteiger partial charge in [-0.25, -0.2) is 0 Å². The summed E-state index contributed by atoms with van der Waals surface area (Å²) >= 11 is 5.95. The van der Waals surface area contributed by atoms with Crippen LogP contribution in [-0.2, 0) is 0 Å². The van der Waals surface area contributed by atoms with E-state index in [-0.39, 0.29) is 0 Å². The second-order valence-electron chi connectivity index (χ2n) is 3.96. The number of hydrogen-bond acceptors (Lipinski definition) is 2. The number of halogens is 1. The van der Waals surface area contributed by atoms with Crippen molar-refractivity contribution in [3.63, 3.8) is 0 Å². The Bertz CT molecular complexity index is 382. The van der Waals surface area contributed by atoms with Gasteiger partial charge in [0.15, 0.2) is 0 Å². The number of benzene rings is 1. The van der Waals surface area contributed by atoms with Gasteiger partial charge in [-0.2, -0.15) is 5.26 Å².